The molecular formula is C18H16BrN3O. The summed E-state index contributed by atoms with van der Waals surface area (Å²) in [6, 6.07) is 17.5. The normalized spacial score (nSPS) is 10.5. The fraction of sp³-hybridized carbons (Fsp3) is 0.111. The van der Waals surface area contributed by atoms with Crippen LogP contribution in [0.15, 0.2) is 65.3 Å². The standard InChI is InChI=1S/C18H16BrN3O/c19-14-7-1-2-8-15(14)22-17(23)10-12-20-16-9-3-5-13-6-4-11-21-18(13)16/h1-9,11,20H,10,12H2,(H,22,23). The number of fused-ring (bicyclic) bond motifs is 1. The minimum atomic E-state index is -0.0300. The van der Waals surface area contributed by atoms with E-state index in [1.165, 1.54) is 0 Å². The molecule has 4 nitrogen and oxygen atoms in total. The lowest BCUT2D eigenvalue weighted by atomic mass is 10.2. The van der Waals surface area contributed by atoms with E-state index < -0.39 is 0 Å². The van der Waals surface area contributed by atoms with Gasteiger partial charge in [0.2, 0.25) is 5.91 Å². The molecule has 2 aromatic carbocycles. The van der Waals surface area contributed by atoms with Gasteiger partial charge in [-0.25, -0.2) is 0 Å². The third kappa shape index (κ3) is 3.87. The number of amides is 1. The number of pyridine rings is 1. The van der Waals surface area contributed by atoms with Gasteiger partial charge in [-0.3, -0.25) is 9.78 Å². The maximum atomic E-state index is 12.0. The zero-order valence-electron chi connectivity index (χ0n) is 12.4. The summed E-state index contributed by atoms with van der Waals surface area (Å²) < 4.78 is 0.875. The molecular weight excluding hydrogens is 354 g/mol. The maximum Gasteiger partial charge on any atom is 0.226 e. The highest BCUT2D eigenvalue weighted by molar-refractivity contribution is 9.10. The van der Waals surface area contributed by atoms with E-state index in [4.69, 9.17) is 0 Å². The van der Waals surface area contributed by atoms with Crippen molar-refractivity contribution >= 4 is 44.1 Å². The van der Waals surface area contributed by atoms with Crippen molar-refractivity contribution in [2.24, 2.45) is 0 Å². The molecule has 0 aliphatic carbocycles. The number of anilines is 2. The summed E-state index contributed by atoms with van der Waals surface area (Å²) in [6.07, 6.45) is 2.15. The van der Waals surface area contributed by atoms with Crippen molar-refractivity contribution in [1.29, 1.82) is 0 Å². The van der Waals surface area contributed by atoms with Crippen molar-refractivity contribution in [1.82, 2.24) is 4.98 Å². The van der Waals surface area contributed by atoms with E-state index in [-0.39, 0.29) is 5.91 Å². The summed E-state index contributed by atoms with van der Waals surface area (Å²) in [7, 11) is 0. The number of para-hydroxylation sites is 2. The zero-order chi connectivity index (χ0) is 16.1. The van der Waals surface area contributed by atoms with Crippen LogP contribution in [0.3, 0.4) is 0 Å². The minimum Gasteiger partial charge on any atom is -0.383 e. The molecule has 23 heavy (non-hydrogen) atoms. The van der Waals surface area contributed by atoms with E-state index in [0.29, 0.717) is 13.0 Å². The third-order valence-electron chi connectivity index (χ3n) is 3.45. The predicted molar refractivity (Wildman–Crippen MR) is 97.6 cm³/mol. The van der Waals surface area contributed by atoms with Crippen molar-refractivity contribution in [2.45, 2.75) is 6.42 Å². The SMILES string of the molecule is O=C(CCNc1cccc2cccnc12)Nc1ccccc1Br. The number of carbonyl (C=O) groups excluding carboxylic acids is 1. The lowest BCUT2D eigenvalue weighted by Crippen LogP contribution is -2.16. The van der Waals surface area contributed by atoms with Crippen molar-refractivity contribution in [3.05, 3.63) is 65.3 Å². The molecule has 2 N–H and O–H groups in total. The lowest BCUT2D eigenvalue weighted by molar-refractivity contribution is -0.115. The molecule has 0 saturated carbocycles. The summed E-state index contributed by atoms with van der Waals surface area (Å²) in [5.74, 6) is -0.0300. The quantitative estimate of drug-likeness (QED) is 0.698. The van der Waals surface area contributed by atoms with E-state index in [1.807, 2.05) is 54.6 Å². The molecule has 0 saturated heterocycles. The van der Waals surface area contributed by atoms with Gasteiger partial charge >= 0.3 is 0 Å². The van der Waals surface area contributed by atoms with Gasteiger partial charge in [0.15, 0.2) is 0 Å². The number of hydrogen-bond acceptors (Lipinski definition) is 3. The summed E-state index contributed by atoms with van der Waals surface area (Å²) >= 11 is 3.42. The lowest BCUT2D eigenvalue weighted by Gasteiger charge is -2.10. The molecule has 1 heterocycles. The first-order valence-corrected chi connectivity index (χ1v) is 8.15. The molecule has 0 atom stereocenters. The smallest absolute Gasteiger partial charge is 0.226 e. The van der Waals surface area contributed by atoms with Gasteiger partial charge in [-0.15, -0.1) is 0 Å². The monoisotopic (exact) mass is 369 g/mol. The highest BCUT2D eigenvalue weighted by Gasteiger charge is 2.06. The van der Waals surface area contributed by atoms with Gasteiger partial charge in [0.1, 0.15) is 0 Å². The zero-order valence-corrected chi connectivity index (χ0v) is 14.0. The molecule has 116 valence electrons. The van der Waals surface area contributed by atoms with Crippen LogP contribution in [0, 0.1) is 0 Å². The molecule has 0 fully saturated rings. The van der Waals surface area contributed by atoms with Crippen LogP contribution < -0.4 is 10.6 Å². The van der Waals surface area contributed by atoms with Crippen LogP contribution in [0.25, 0.3) is 10.9 Å². The van der Waals surface area contributed by atoms with Crippen molar-refractivity contribution in [3.8, 4) is 0 Å². The van der Waals surface area contributed by atoms with Gasteiger partial charge in [-0.05, 0) is 40.2 Å². The fourth-order valence-corrected chi connectivity index (χ4v) is 2.72. The van der Waals surface area contributed by atoms with Crippen molar-refractivity contribution in [2.75, 3.05) is 17.2 Å². The van der Waals surface area contributed by atoms with Crippen molar-refractivity contribution < 1.29 is 4.79 Å². The molecule has 0 aliphatic rings. The second kappa shape index (κ2) is 7.24. The van der Waals surface area contributed by atoms with Crippen LogP contribution >= 0.6 is 15.9 Å². The summed E-state index contributed by atoms with van der Waals surface area (Å²) in [5, 5.41) is 7.25. The van der Waals surface area contributed by atoms with Crippen LogP contribution in [-0.4, -0.2) is 17.4 Å². The second-order valence-electron chi connectivity index (χ2n) is 5.09. The Morgan fingerprint density at radius 3 is 2.65 bits per heavy atom. The molecule has 1 aromatic heterocycles. The predicted octanol–water partition coefficient (Wildman–Crippen LogP) is 4.44. The Balaban J connectivity index is 1.58. The number of halogens is 1. The first kappa shape index (κ1) is 15.5. The first-order valence-electron chi connectivity index (χ1n) is 7.36. The van der Waals surface area contributed by atoms with Gasteiger partial charge in [0.25, 0.3) is 0 Å². The number of rotatable bonds is 5. The Morgan fingerprint density at radius 2 is 1.78 bits per heavy atom. The van der Waals surface area contributed by atoms with Crippen LogP contribution in [0.2, 0.25) is 0 Å². The molecule has 3 aromatic rings. The maximum absolute atomic E-state index is 12.0. The van der Waals surface area contributed by atoms with E-state index in [0.717, 1.165) is 26.8 Å². The van der Waals surface area contributed by atoms with Crippen LogP contribution in [0.5, 0.6) is 0 Å². The number of aromatic nitrogens is 1. The highest BCUT2D eigenvalue weighted by Crippen LogP contribution is 2.22. The van der Waals surface area contributed by atoms with E-state index in [9.17, 15) is 4.79 Å². The molecule has 5 heteroatoms. The van der Waals surface area contributed by atoms with Crippen LogP contribution in [0.1, 0.15) is 6.42 Å². The Hall–Kier alpha value is -2.40. The van der Waals surface area contributed by atoms with Gasteiger partial charge in [-0.2, -0.15) is 0 Å². The van der Waals surface area contributed by atoms with E-state index >= 15 is 0 Å². The number of hydrogen-bond donors (Lipinski definition) is 2. The number of nitrogens with zero attached hydrogens (tertiary/aromatic N) is 1. The third-order valence-corrected chi connectivity index (χ3v) is 4.14. The summed E-state index contributed by atoms with van der Waals surface area (Å²) in [4.78, 5) is 16.4. The van der Waals surface area contributed by atoms with E-state index in [1.54, 1.807) is 6.20 Å². The van der Waals surface area contributed by atoms with Gasteiger partial charge < -0.3 is 10.6 Å². The molecule has 0 aliphatic heterocycles. The molecule has 0 bridgehead atoms. The number of carbonyl (C=O) groups is 1. The van der Waals surface area contributed by atoms with Crippen LogP contribution in [0.4, 0.5) is 11.4 Å². The van der Waals surface area contributed by atoms with Gasteiger partial charge in [0, 0.05) is 29.0 Å². The van der Waals surface area contributed by atoms with Gasteiger partial charge in [0.05, 0.1) is 16.9 Å². The molecule has 3 rings (SSSR count). The number of nitrogens with one attached hydrogen (secondary N) is 2. The molecule has 0 unspecified atom stereocenters. The Morgan fingerprint density at radius 1 is 1.00 bits per heavy atom. The summed E-state index contributed by atoms with van der Waals surface area (Å²) in [6.45, 7) is 0.548. The largest absolute Gasteiger partial charge is 0.383 e. The van der Waals surface area contributed by atoms with E-state index in [2.05, 4.69) is 31.5 Å². The number of benzene rings is 2. The summed E-state index contributed by atoms with van der Waals surface area (Å²) in [5.41, 5.74) is 2.64. The second-order valence-corrected chi connectivity index (χ2v) is 5.94. The van der Waals surface area contributed by atoms with Gasteiger partial charge in [-0.1, -0.05) is 30.3 Å². The Labute approximate surface area is 143 Å². The molecule has 0 radical (unpaired) electrons. The average Bonchev–Trinajstić information content (AvgIpc) is 2.57. The molecule has 1 amide bonds. The Bertz CT molecular complexity index is 830. The molecule has 0 spiro atoms. The minimum absolute atomic E-state index is 0.0300. The van der Waals surface area contributed by atoms with Crippen molar-refractivity contribution in [3.63, 3.8) is 0 Å². The van der Waals surface area contributed by atoms with Crippen LogP contribution in [-0.2, 0) is 4.79 Å². The topological polar surface area (TPSA) is 54.0 Å². The highest BCUT2D eigenvalue weighted by atomic mass is 79.9. The fourth-order valence-electron chi connectivity index (χ4n) is 2.33. The average molecular weight is 370 g/mol. The Kier molecular flexibility index (Phi) is 4.88. The first-order chi connectivity index (χ1) is 11.2.